The van der Waals surface area contributed by atoms with Crippen molar-refractivity contribution in [2.75, 3.05) is 66.1 Å². The second kappa shape index (κ2) is 9.32. The van der Waals surface area contributed by atoms with E-state index >= 15 is 0 Å². The summed E-state index contributed by atoms with van der Waals surface area (Å²) in [5.74, 6) is 0.946. The first-order valence-corrected chi connectivity index (χ1v) is 9.52. The minimum atomic E-state index is 0.296. The summed E-state index contributed by atoms with van der Waals surface area (Å²) in [6.45, 7) is 8.00. The van der Waals surface area contributed by atoms with Gasteiger partial charge in [-0.15, -0.1) is 0 Å². The molecule has 5 heteroatoms. The highest BCUT2D eigenvalue weighted by Crippen LogP contribution is 2.27. The lowest BCUT2D eigenvalue weighted by Crippen LogP contribution is -2.52. The molecule has 2 saturated heterocycles. The monoisotopic (exact) mass is 345 g/mol. The molecule has 1 aromatic carbocycles. The lowest BCUT2D eigenvalue weighted by atomic mass is 9.89. The van der Waals surface area contributed by atoms with Crippen molar-refractivity contribution in [3.63, 3.8) is 0 Å². The quantitative estimate of drug-likeness (QED) is 0.786. The fourth-order valence-electron chi connectivity index (χ4n) is 3.88. The Morgan fingerprint density at radius 1 is 1.00 bits per heavy atom. The first-order chi connectivity index (χ1) is 12.3. The van der Waals surface area contributed by atoms with Crippen LogP contribution in [0.5, 0.6) is 0 Å². The second-order valence-electron chi connectivity index (χ2n) is 7.18. The van der Waals surface area contributed by atoms with E-state index in [0.29, 0.717) is 18.4 Å². The van der Waals surface area contributed by atoms with E-state index in [9.17, 15) is 4.79 Å². The zero-order valence-electron chi connectivity index (χ0n) is 15.4. The molecule has 5 nitrogen and oxygen atoms in total. The molecule has 0 atom stereocenters. The Bertz CT molecular complexity index is 521. The van der Waals surface area contributed by atoms with Crippen molar-refractivity contribution in [3.05, 3.63) is 35.9 Å². The van der Waals surface area contributed by atoms with Gasteiger partial charge in [-0.25, -0.2) is 0 Å². The fraction of sp³-hybridized carbons (Fsp3) is 0.650. The molecule has 138 valence electrons. The van der Waals surface area contributed by atoms with Crippen LogP contribution in [0.1, 0.15) is 24.3 Å². The van der Waals surface area contributed by atoms with Crippen LogP contribution in [0, 0.1) is 0 Å². The Labute approximate surface area is 151 Å². The van der Waals surface area contributed by atoms with Gasteiger partial charge in [-0.05, 0) is 37.4 Å². The molecule has 0 spiro atoms. The van der Waals surface area contributed by atoms with E-state index in [2.05, 4.69) is 40.1 Å². The Morgan fingerprint density at radius 3 is 2.32 bits per heavy atom. The van der Waals surface area contributed by atoms with Gasteiger partial charge in [0.2, 0.25) is 5.91 Å². The van der Waals surface area contributed by atoms with Gasteiger partial charge in [0.1, 0.15) is 0 Å². The normalized spacial score (nSPS) is 20.8. The van der Waals surface area contributed by atoms with E-state index in [4.69, 9.17) is 4.74 Å². The maximum absolute atomic E-state index is 12.6. The van der Waals surface area contributed by atoms with Crippen LogP contribution in [0.25, 0.3) is 0 Å². The number of carbonyl (C=O) groups excluding carboxylic acids is 1. The number of rotatable bonds is 6. The van der Waals surface area contributed by atoms with Crippen molar-refractivity contribution >= 4 is 5.91 Å². The number of ether oxygens (including phenoxy) is 1. The molecule has 2 fully saturated rings. The van der Waals surface area contributed by atoms with Crippen LogP contribution in [0.15, 0.2) is 30.3 Å². The van der Waals surface area contributed by atoms with Crippen molar-refractivity contribution in [1.82, 2.24) is 14.7 Å². The Balaban J connectivity index is 1.38. The molecule has 25 heavy (non-hydrogen) atoms. The third-order valence-electron chi connectivity index (χ3n) is 5.55. The number of piperazine rings is 1. The van der Waals surface area contributed by atoms with Gasteiger partial charge in [0.25, 0.3) is 0 Å². The molecule has 0 aliphatic carbocycles. The average Bonchev–Trinajstić information content (AvgIpc) is 2.68. The first kappa shape index (κ1) is 18.4. The summed E-state index contributed by atoms with van der Waals surface area (Å²) in [4.78, 5) is 19.3. The van der Waals surface area contributed by atoms with Crippen LogP contribution < -0.4 is 0 Å². The summed E-state index contributed by atoms with van der Waals surface area (Å²) in [6, 6.07) is 10.8. The SMILES string of the molecule is COCCN1CCN(C(=O)CN2CCC(c3ccccc3)CC2)CC1. The van der Waals surface area contributed by atoms with Crippen LogP contribution >= 0.6 is 0 Å². The second-order valence-corrected chi connectivity index (χ2v) is 7.18. The summed E-state index contributed by atoms with van der Waals surface area (Å²) >= 11 is 0. The highest BCUT2D eigenvalue weighted by molar-refractivity contribution is 5.78. The minimum Gasteiger partial charge on any atom is -0.383 e. The summed E-state index contributed by atoms with van der Waals surface area (Å²) in [6.07, 6.45) is 2.31. The van der Waals surface area contributed by atoms with Crippen LogP contribution in [0.3, 0.4) is 0 Å². The van der Waals surface area contributed by atoms with Gasteiger partial charge in [-0.1, -0.05) is 30.3 Å². The molecule has 2 aliphatic heterocycles. The third-order valence-corrected chi connectivity index (χ3v) is 5.55. The maximum atomic E-state index is 12.6. The highest BCUT2D eigenvalue weighted by atomic mass is 16.5. The van der Waals surface area contributed by atoms with Crippen LogP contribution in [0.4, 0.5) is 0 Å². The molecular formula is C20H31N3O2. The van der Waals surface area contributed by atoms with E-state index in [1.54, 1.807) is 7.11 Å². The van der Waals surface area contributed by atoms with Gasteiger partial charge < -0.3 is 9.64 Å². The first-order valence-electron chi connectivity index (χ1n) is 9.52. The van der Waals surface area contributed by atoms with Crippen molar-refractivity contribution < 1.29 is 9.53 Å². The molecule has 0 N–H and O–H groups in total. The number of carbonyl (C=O) groups is 1. The standard InChI is InChI=1S/C20H31N3O2/c1-25-16-15-21-11-13-23(14-12-21)20(24)17-22-9-7-19(8-10-22)18-5-3-2-4-6-18/h2-6,19H,7-17H2,1H3. The number of nitrogens with zero attached hydrogens (tertiary/aromatic N) is 3. The predicted octanol–water partition coefficient (Wildman–Crippen LogP) is 1.66. The van der Waals surface area contributed by atoms with Crippen molar-refractivity contribution in [1.29, 1.82) is 0 Å². The van der Waals surface area contributed by atoms with Crippen molar-refractivity contribution in [3.8, 4) is 0 Å². The van der Waals surface area contributed by atoms with E-state index in [0.717, 1.165) is 65.3 Å². The Morgan fingerprint density at radius 2 is 1.68 bits per heavy atom. The van der Waals surface area contributed by atoms with Crippen molar-refractivity contribution in [2.24, 2.45) is 0 Å². The molecular weight excluding hydrogens is 314 g/mol. The van der Waals surface area contributed by atoms with Gasteiger partial charge in [-0.2, -0.15) is 0 Å². The number of likely N-dealkylation sites (tertiary alicyclic amines) is 1. The molecule has 3 rings (SSSR count). The van der Waals surface area contributed by atoms with Crippen LogP contribution in [-0.2, 0) is 9.53 Å². The molecule has 2 heterocycles. The fourth-order valence-corrected chi connectivity index (χ4v) is 3.88. The zero-order valence-corrected chi connectivity index (χ0v) is 15.4. The molecule has 0 saturated carbocycles. The van der Waals surface area contributed by atoms with Gasteiger partial charge in [-0.3, -0.25) is 14.6 Å². The molecule has 0 bridgehead atoms. The topological polar surface area (TPSA) is 36.0 Å². The van der Waals surface area contributed by atoms with Crippen LogP contribution in [0.2, 0.25) is 0 Å². The zero-order chi connectivity index (χ0) is 17.5. The molecule has 1 amide bonds. The summed E-state index contributed by atoms with van der Waals surface area (Å²) in [7, 11) is 1.74. The van der Waals surface area contributed by atoms with Crippen molar-refractivity contribution in [2.45, 2.75) is 18.8 Å². The number of hydrogen-bond acceptors (Lipinski definition) is 4. The minimum absolute atomic E-state index is 0.296. The molecule has 0 aromatic heterocycles. The highest BCUT2D eigenvalue weighted by Gasteiger charge is 2.25. The molecule has 0 unspecified atom stereocenters. The van der Waals surface area contributed by atoms with Gasteiger partial charge in [0, 0.05) is 39.8 Å². The van der Waals surface area contributed by atoms with Gasteiger partial charge >= 0.3 is 0 Å². The Kier molecular flexibility index (Phi) is 6.84. The predicted molar refractivity (Wildman–Crippen MR) is 99.8 cm³/mol. The van der Waals surface area contributed by atoms with Gasteiger partial charge in [0.15, 0.2) is 0 Å². The maximum Gasteiger partial charge on any atom is 0.236 e. The summed E-state index contributed by atoms with van der Waals surface area (Å²) < 4.78 is 5.13. The van der Waals surface area contributed by atoms with Gasteiger partial charge in [0.05, 0.1) is 13.2 Å². The Hall–Kier alpha value is -1.43. The smallest absolute Gasteiger partial charge is 0.236 e. The molecule has 0 radical (unpaired) electrons. The number of hydrogen-bond donors (Lipinski definition) is 0. The lowest BCUT2D eigenvalue weighted by molar-refractivity contribution is -0.134. The summed E-state index contributed by atoms with van der Waals surface area (Å²) in [5, 5.41) is 0. The average molecular weight is 345 g/mol. The third kappa shape index (κ3) is 5.27. The van der Waals surface area contributed by atoms with Crippen LogP contribution in [-0.4, -0.2) is 86.7 Å². The largest absolute Gasteiger partial charge is 0.383 e. The molecule has 2 aliphatic rings. The summed E-state index contributed by atoms with van der Waals surface area (Å²) in [5.41, 5.74) is 1.45. The number of amides is 1. The van der Waals surface area contributed by atoms with E-state index in [1.807, 2.05) is 4.90 Å². The van der Waals surface area contributed by atoms with E-state index in [1.165, 1.54) is 5.56 Å². The number of methoxy groups -OCH3 is 1. The number of piperidine rings is 1. The lowest BCUT2D eigenvalue weighted by Gasteiger charge is -2.37. The number of benzene rings is 1. The van der Waals surface area contributed by atoms with E-state index in [-0.39, 0.29) is 0 Å². The van der Waals surface area contributed by atoms with E-state index < -0.39 is 0 Å². The molecule has 1 aromatic rings.